The molecule has 1 aromatic heterocycles. The van der Waals surface area contributed by atoms with Gasteiger partial charge in [-0.15, -0.1) is 0 Å². The van der Waals surface area contributed by atoms with Crippen molar-refractivity contribution in [3.05, 3.63) is 111 Å². The first-order chi connectivity index (χ1) is 20.5. The lowest BCUT2D eigenvalue weighted by Crippen LogP contribution is -2.53. The molecule has 44 heavy (non-hydrogen) atoms. The molecular formula is C35H35N5O4. The average Bonchev–Trinajstić information content (AvgIpc) is 3.19. The molecule has 0 atom stereocenters. The Hall–Kier alpha value is -4.83. The van der Waals surface area contributed by atoms with Crippen molar-refractivity contribution in [2.24, 2.45) is 0 Å². The number of rotatable bonds is 2. The Labute approximate surface area is 258 Å². The molecule has 224 valence electrons. The third-order valence-electron chi connectivity index (χ3n) is 9.52. The Bertz CT molecular complexity index is 1680. The highest BCUT2D eigenvalue weighted by Crippen LogP contribution is 2.38. The van der Waals surface area contributed by atoms with Gasteiger partial charge in [0.05, 0.1) is 11.1 Å². The summed E-state index contributed by atoms with van der Waals surface area (Å²) in [6.45, 7) is 14.1. The second kappa shape index (κ2) is 10.4. The number of amidine groups is 2. The smallest absolute Gasteiger partial charge is 0.316 e. The number of aromatic nitrogens is 1. The van der Waals surface area contributed by atoms with E-state index >= 15 is 0 Å². The lowest BCUT2D eigenvalue weighted by Gasteiger charge is -2.32. The van der Waals surface area contributed by atoms with E-state index in [1.165, 1.54) is 0 Å². The monoisotopic (exact) mass is 589 g/mol. The van der Waals surface area contributed by atoms with E-state index in [-0.39, 0.29) is 11.7 Å². The number of benzene rings is 2. The molecule has 0 saturated heterocycles. The minimum Gasteiger partial charge on any atom is -0.714 e. The van der Waals surface area contributed by atoms with Crippen LogP contribution in [-0.4, -0.2) is 58.4 Å². The predicted octanol–water partition coefficient (Wildman–Crippen LogP) is 4.83. The maximum atomic E-state index is 12.9. The number of hydrogen-bond donors (Lipinski definition) is 0. The molecule has 2 aliphatic rings. The lowest BCUT2D eigenvalue weighted by molar-refractivity contribution is -0.539. The van der Waals surface area contributed by atoms with Crippen LogP contribution in [0.15, 0.2) is 67.0 Å². The van der Waals surface area contributed by atoms with Gasteiger partial charge in [-0.1, -0.05) is 33.8 Å². The first kappa shape index (κ1) is 30.6. The lowest BCUT2D eigenvalue weighted by atomic mass is 9.84. The molecule has 0 bridgehead atoms. The first-order valence-electron chi connectivity index (χ1n) is 14.3. The fourth-order valence-electron chi connectivity index (χ4n) is 4.96. The van der Waals surface area contributed by atoms with E-state index in [1.54, 1.807) is 116 Å². The number of hydroxylamine groups is 6. The molecule has 0 aliphatic carbocycles. The molecule has 0 spiro atoms. The van der Waals surface area contributed by atoms with Gasteiger partial charge in [0.15, 0.2) is 11.1 Å². The van der Waals surface area contributed by atoms with E-state index in [0.29, 0.717) is 22.3 Å². The summed E-state index contributed by atoms with van der Waals surface area (Å²) in [6, 6.07) is 15.9. The first-order valence-corrected chi connectivity index (χ1v) is 14.3. The molecule has 2 radical (unpaired) electrons. The highest BCUT2D eigenvalue weighted by molar-refractivity contribution is 5.96. The average molecular weight is 590 g/mol. The van der Waals surface area contributed by atoms with Gasteiger partial charge in [0, 0.05) is 45.1 Å². The van der Waals surface area contributed by atoms with Crippen LogP contribution in [0.2, 0.25) is 0 Å². The largest absolute Gasteiger partial charge is 0.714 e. The SMILES string of the molecule is CC1(C)N([O])C(c2ccc(C#Cc3cncc(C#Cc4ccc(C5=[N+]([O-])C(C)(C)C(C)(C)N5[O])cc4)c3)cc2)=[N+]([O-])C1(C)C. The van der Waals surface area contributed by atoms with Crippen LogP contribution in [0.3, 0.4) is 0 Å². The van der Waals surface area contributed by atoms with Crippen LogP contribution in [0.4, 0.5) is 0 Å². The van der Waals surface area contributed by atoms with Gasteiger partial charge in [0.1, 0.15) is 11.1 Å². The maximum absolute atomic E-state index is 12.9. The minimum absolute atomic E-state index is 0.0922. The van der Waals surface area contributed by atoms with Crippen molar-refractivity contribution in [2.75, 3.05) is 0 Å². The summed E-state index contributed by atoms with van der Waals surface area (Å²) >= 11 is 0. The zero-order valence-electron chi connectivity index (χ0n) is 26.2. The number of nitrogens with zero attached hydrogens (tertiary/aromatic N) is 5. The Morgan fingerprint density at radius 2 is 0.886 bits per heavy atom. The third-order valence-corrected chi connectivity index (χ3v) is 9.52. The van der Waals surface area contributed by atoms with Gasteiger partial charge in [0.2, 0.25) is 0 Å². The highest BCUT2D eigenvalue weighted by atomic mass is 16.5. The van der Waals surface area contributed by atoms with Crippen LogP contribution >= 0.6 is 0 Å². The fourth-order valence-corrected chi connectivity index (χ4v) is 4.96. The summed E-state index contributed by atoms with van der Waals surface area (Å²) in [5, 5.41) is 53.3. The predicted molar refractivity (Wildman–Crippen MR) is 166 cm³/mol. The van der Waals surface area contributed by atoms with Crippen LogP contribution in [0.25, 0.3) is 0 Å². The second-order valence-electron chi connectivity index (χ2n) is 13.2. The van der Waals surface area contributed by atoms with Crippen molar-refractivity contribution in [3.63, 3.8) is 0 Å². The van der Waals surface area contributed by atoms with Crippen molar-refractivity contribution in [1.82, 2.24) is 15.1 Å². The van der Waals surface area contributed by atoms with Gasteiger partial charge in [-0.25, -0.2) is 0 Å². The molecule has 2 aliphatic heterocycles. The standard InChI is InChI=1S/C35H35N5O4/c1-32(2)33(3,4)38(42)30(37(32)41)28-17-13-24(14-18-28)9-11-26-21-27(23-36-22-26)12-10-25-15-19-29(20-16-25)31-39(43)34(5,6)35(7,8)40(31)44/h13-23H,1-8H3. The number of hydrogen-bond acceptors (Lipinski definition) is 5. The highest BCUT2D eigenvalue weighted by Gasteiger charge is 2.60. The summed E-state index contributed by atoms with van der Waals surface area (Å²) in [6.07, 6.45) is 3.30. The Kier molecular flexibility index (Phi) is 7.25. The zero-order valence-corrected chi connectivity index (χ0v) is 26.2. The fraction of sp³-hybridized carbons (Fsp3) is 0.343. The molecule has 0 saturated carbocycles. The summed E-state index contributed by atoms with van der Waals surface area (Å²) in [5.41, 5.74) is 0.351. The molecule has 5 rings (SSSR count). The van der Waals surface area contributed by atoms with Crippen molar-refractivity contribution in [1.29, 1.82) is 0 Å². The van der Waals surface area contributed by atoms with E-state index < -0.39 is 22.2 Å². The van der Waals surface area contributed by atoms with E-state index in [4.69, 9.17) is 0 Å². The summed E-state index contributed by atoms with van der Waals surface area (Å²) in [4.78, 5) is 4.26. The summed E-state index contributed by atoms with van der Waals surface area (Å²) in [7, 11) is 0. The Balaban J connectivity index is 1.31. The van der Waals surface area contributed by atoms with Crippen molar-refractivity contribution >= 4 is 11.7 Å². The molecule has 9 nitrogen and oxygen atoms in total. The molecule has 0 amide bonds. The van der Waals surface area contributed by atoms with Gasteiger partial charge >= 0.3 is 11.7 Å². The zero-order chi connectivity index (χ0) is 32.2. The Morgan fingerprint density at radius 3 is 1.18 bits per heavy atom. The van der Waals surface area contributed by atoms with Crippen molar-refractivity contribution in [2.45, 2.75) is 77.5 Å². The van der Waals surface area contributed by atoms with E-state index in [9.17, 15) is 20.8 Å². The van der Waals surface area contributed by atoms with Gasteiger partial charge in [-0.05, 0) is 110 Å². The molecule has 2 aromatic carbocycles. The van der Waals surface area contributed by atoms with Crippen LogP contribution in [0, 0.1) is 34.1 Å². The maximum Gasteiger partial charge on any atom is 0.316 e. The Morgan fingerprint density at radius 1 is 0.568 bits per heavy atom. The third kappa shape index (κ3) is 4.75. The van der Waals surface area contributed by atoms with Crippen LogP contribution in [-0.2, 0) is 10.4 Å². The van der Waals surface area contributed by atoms with Gasteiger partial charge < -0.3 is 10.4 Å². The van der Waals surface area contributed by atoms with E-state index in [2.05, 4.69) is 28.7 Å². The van der Waals surface area contributed by atoms with Gasteiger partial charge in [0.25, 0.3) is 0 Å². The minimum atomic E-state index is -0.879. The van der Waals surface area contributed by atoms with Crippen LogP contribution < -0.4 is 0 Å². The van der Waals surface area contributed by atoms with Gasteiger partial charge in [-0.2, -0.15) is 0 Å². The normalized spacial score (nSPS) is 19.4. The molecular weight excluding hydrogens is 554 g/mol. The molecule has 0 N–H and O–H groups in total. The molecule has 3 aromatic rings. The topological polar surface area (TPSA) is 111 Å². The van der Waals surface area contributed by atoms with Gasteiger partial charge in [-0.3, -0.25) is 14.5 Å². The van der Waals surface area contributed by atoms with Crippen molar-refractivity contribution < 1.29 is 19.9 Å². The number of pyridine rings is 1. The second-order valence-corrected chi connectivity index (χ2v) is 13.2. The molecule has 0 fully saturated rings. The molecule has 9 heteroatoms. The van der Waals surface area contributed by atoms with E-state index in [0.717, 1.165) is 30.7 Å². The van der Waals surface area contributed by atoms with Crippen LogP contribution in [0.1, 0.15) is 88.8 Å². The summed E-state index contributed by atoms with van der Waals surface area (Å²) < 4.78 is 1.59. The molecule has 0 unspecified atom stereocenters. The van der Waals surface area contributed by atoms with Crippen molar-refractivity contribution in [3.8, 4) is 23.7 Å². The van der Waals surface area contributed by atoms with Crippen LogP contribution in [0.5, 0.6) is 0 Å². The quantitative estimate of drug-likeness (QED) is 0.242. The molecule has 3 heterocycles. The van der Waals surface area contributed by atoms with E-state index in [1.807, 2.05) is 6.07 Å². The summed E-state index contributed by atoms with van der Waals surface area (Å²) in [5.74, 6) is 12.6.